The molecule has 216 valence electrons. The Morgan fingerprint density at radius 3 is 2.41 bits per heavy atom. The summed E-state index contributed by atoms with van der Waals surface area (Å²) in [5.74, 6) is -1.11. The van der Waals surface area contributed by atoms with Gasteiger partial charge in [0.2, 0.25) is 0 Å². The SMILES string of the molecule is C[C@@H]1CN([C@H](C)CO)C(=O)c2cccc(NC(=O)Nc3ccccc3)c2O[C@H]1CN(C)Cc1ccc(C(=O)O)cc1. The topological polar surface area (TPSA) is 131 Å². The van der Waals surface area contributed by atoms with Crippen LogP contribution in [-0.4, -0.2) is 76.8 Å². The van der Waals surface area contributed by atoms with Gasteiger partial charge in [0.05, 0.1) is 29.5 Å². The van der Waals surface area contributed by atoms with Crippen LogP contribution >= 0.6 is 0 Å². The molecule has 1 heterocycles. The highest BCUT2D eigenvalue weighted by Gasteiger charge is 2.34. The highest BCUT2D eigenvalue weighted by molar-refractivity contribution is 6.04. The maximum atomic E-state index is 13.7. The number of ether oxygens (including phenoxy) is 1. The third-order valence-electron chi connectivity index (χ3n) is 7.12. The molecule has 0 bridgehead atoms. The first-order valence-electron chi connectivity index (χ1n) is 13.5. The molecule has 3 amide bonds. The zero-order valence-electron chi connectivity index (χ0n) is 23.4. The number of aromatic carboxylic acids is 1. The number of carbonyl (C=O) groups is 3. The van der Waals surface area contributed by atoms with Crippen LogP contribution in [0.3, 0.4) is 0 Å². The largest absolute Gasteiger partial charge is 0.486 e. The molecule has 1 aliphatic heterocycles. The number of fused-ring (bicyclic) bond motifs is 1. The Labute approximate surface area is 239 Å². The number of likely N-dealkylation sites (N-methyl/N-ethyl adjacent to an activating group) is 1. The number of aliphatic hydroxyl groups is 1. The second-order valence-electron chi connectivity index (χ2n) is 10.4. The van der Waals surface area contributed by atoms with Gasteiger partial charge in [-0.15, -0.1) is 0 Å². The van der Waals surface area contributed by atoms with Gasteiger partial charge in [-0.1, -0.05) is 43.3 Å². The van der Waals surface area contributed by atoms with Crippen LogP contribution in [0.1, 0.15) is 40.1 Å². The van der Waals surface area contributed by atoms with Gasteiger partial charge in [-0.05, 0) is 55.9 Å². The van der Waals surface area contributed by atoms with Crippen LogP contribution in [0.5, 0.6) is 5.75 Å². The van der Waals surface area contributed by atoms with E-state index in [0.29, 0.717) is 36.6 Å². The molecular weight excluding hydrogens is 524 g/mol. The Morgan fingerprint density at radius 1 is 1.05 bits per heavy atom. The zero-order valence-corrected chi connectivity index (χ0v) is 23.4. The van der Waals surface area contributed by atoms with E-state index in [0.717, 1.165) is 5.56 Å². The molecule has 0 fully saturated rings. The Hall–Kier alpha value is -4.41. The van der Waals surface area contributed by atoms with E-state index >= 15 is 0 Å². The molecule has 0 aliphatic carbocycles. The van der Waals surface area contributed by atoms with Crippen molar-refractivity contribution in [1.82, 2.24) is 9.80 Å². The molecule has 10 heteroatoms. The lowest BCUT2D eigenvalue weighted by Crippen LogP contribution is -2.49. The molecule has 0 spiro atoms. The number of aliphatic hydroxyl groups excluding tert-OH is 1. The fourth-order valence-electron chi connectivity index (χ4n) is 4.80. The Balaban J connectivity index is 1.60. The Bertz CT molecular complexity index is 1360. The minimum Gasteiger partial charge on any atom is -0.486 e. The minimum absolute atomic E-state index is 0.121. The zero-order chi connectivity index (χ0) is 29.5. The third-order valence-corrected chi connectivity index (χ3v) is 7.12. The van der Waals surface area contributed by atoms with Crippen LogP contribution in [-0.2, 0) is 6.54 Å². The van der Waals surface area contributed by atoms with Crippen molar-refractivity contribution in [2.45, 2.75) is 32.5 Å². The molecule has 4 N–H and O–H groups in total. The number of urea groups is 1. The molecule has 0 saturated heterocycles. The number of amides is 3. The summed E-state index contributed by atoms with van der Waals surface area (Å²) in [7, 11) is 1.94. The van der Waals surface area contributed by atoms with Gasteiger partial charge < -0.3 is 30.5 Å². The van der Waals surface area contributed by atoms with Crippen molar-refractivity contribution in [3.8, 4) is 5.75 Å². The maximum Gasteiger partial charge on any atom is 0.335 e. The third kappa shape index (κ3) is 7.41. The Morgan fingerprint density at radius 2 is 1.76 bits per heavy atom. The fourth-order valence-corrected chi connectivity index (χ4v) is 4.80. The van der Waals surface area contributed by atoms with E-state index < -0.39 is 18.0 Å². The number of nitrogens with one attached hydrogen (secondary N) is 2. The van der Waals surface area contributed by atoms with Crippen molar-refractivity contribution in [3.63, 3.8) is 0 Å². The van der Waals surface area contributed by atoms with E-state index in [1.165, 1.54) is 0 Å². The lowest BCUT2D eigenvalue weighted by Gasteiger charge is -2.38. The van der Waals surface area contributed by atoms with Gasteiger partial charge in [0, 0.05) is 31.2 Å². The standard InChI is InChI=1S/C31H36N4O6/c1-20-16-35(21(2)19-36)29(37)25-10-7-11-26(33-31(40)32-24-8-5-4-6-9-24)28(25)41-27(20)18-34(3)17-22-12-14-23(15-13-22)30(38)39/h4-15,20-21,27,36H,16-19H2,1-3H3,(H,38,39)(H2,32,33,40)/t20-,21-,27+/m1/s1. The van der Waals surface area contributed by atoms with Crippen LogP contribution < -0.4 is 15.4 Å². The molecule has 1 aliphatic rings. The predicted octanol–water partition coefficient (Wildman–Crippen LogP) is 4.38. The van der Waals surface area contributed by atoms with Crippen molar-refractivity contribution >= 4 is 29.3 Å². The van der Waals surface area contributed by atoms with E-state index in [4.69, 9.17) is 4.74 Å². The van der Waals surface area contributed by atoms with Crippen molar-refractivity contribution in [2.24, 2.45) is 5.92 Å². The molecule has 4 rings (SSSR count). The number of carboxylic acids is 1. The quantitative estimate of drug-likeness (QED) is 0.305. The summed E-state index contributed by atoms with van der Waals surface area (Å²) in [6, 6.07) is 19.9. The molecule has 3 aromatic rings. The molecule has 0 saturated carbocycles. The average molecular weight is 561 g/mol. The van der Waals surface area contributed by atoms with Crippen molar-refractivity contribution in [1.29, 1.82) is 0 Å². The van der Waals surface area contributed by atoms with E-state index in [1.54, 1.807) is 66.4 Å². The first-order chi connectivity index (χ1) is 19.7. The lowest BCUT2D eigenvalue weighted by molar-refractivity contribution is 0.0343. The van der Waals surface area contributed by atoms with Crippen LogP contribution in [0.15, 0.2) is 72.8 Å². The molecular formula is C31H36N4O6. The minimum atomic E-state index is -0.974. The summed E-state index contributed by atoms with van der Waals surface area (Å²) in [5.41, 5.74) is 2.44. The molecule has 10 nitrogen and oxygen atoms in total. The number of rotatable bonds is 9. The number of para-hydroxylation sites is 2. The molecule has 0 unspecified atom stereocenters. The molecule has 3 atom stereocenters. The predicted molar refractivity (Wildman–Crippen MR) is 156 cm³/mol. The van der Waals surface area contributed by atoms with Gasteiger partial charge in [0.1, 0.15) is 6.10 Å². The summed E-state index contributed by atoms with van der Waals surface area (Å²) >= 11 is 0. The van der Waals surface area contributed by atoms with Gasteiger partial charge >= 0.3 is 12.0 Å². The van der Waals surface area contributed by atoms with E-state index in [-0.39, 0.29) is 35.8 Å². The van der Waals surface area contributed by atoms with Crippen molar-refractivity contribution in [3.05, 3.63) is 89.5 Å². The normalized spacial score (nSPS) is 17.6. The number of anilines is 2. The maximum absolute atomic E-state index is 13.7. The first kappa shape index (κ1) is 29.6. The van der Waals surface area contributed by atoms with Crippen LogP contribution in [0.4, 0.5) is 16.2 Å². The van der Waals surface area contributed by atoms with Crippen molar-refractivity contribution in [2.75, 3.05) is 37.4 Å². The summed E-state index contributed by atoms with van der Waals surface area (Å²) < 4.78 is 6.55. The molecule has 41 heavy (non-hydrogen) atoms. The number of hydrogen-bond donors (Lipinski definition) is 4. The second-order valence-corrected chi connectivity index (χ2v) is 10.4. The molecule has 3 aromatic carbocycles. The van der Waals surface area contributed by atoms with Crippen LogP contribution in [0.2, 0.25) is 0 Å². The first-order valence-corrected chi connectivity index (χ1v) is 13.5. The number of hydrogen-bond acceptors (Lipinski definition) is 6. The lowest BCUT2D eigenvalue weighted by atomic mass is 9.98. The highest BCUT2D eigenvalue weighted by atomic mass is 16.5. The molecule has 0 aromatic heterocycles. The average Bonchev–Trinajstić information content (AvgIpc) is 2.95. The summed E-state index contributed by atoms with van der Waals surface area (Å²) in [5, 5.41) is 24.7. The number of nitrogens with zero attached hydrogens (tertiary/aromatic N) is 2. The highest BCUT2D eigenvalue weighted by Crippen LogP contribution is 2.35. The van der Waals surface area contributed by atoms with Crippen LogP contribution in [0, 0.1) is 5.92 Å². The van der Waals surface area contributed by atoms with E-state index in [1.807, 2.05) is 32.2 Å². The molecule has 0 radical (unpaired) electrons. The monoisotopic (exact) mass is 560 g/mol. The number of benzene rings is 3. The number of carboxylic acid groups (broad SMARTS) is 1. The van der Waals surface area contributed by atoms with Crippen molar-refractivity contribution < 1.29 is 29.3 Å². The fraction of sp³-hybridized carbons (Fsp3) is 0.323. The summed E-state index contributed by atoms with van der Waals surface area (Å²) in [6.07, 6.45) is -0.376. The number of carbonyl (C=O) groups excluding carboxylic acids is 2. The van der Waals surface area contributed by atoms with Gasteiger partial charge in [-0.3, -0.25) is 9.69 Å². The summed E-state index contributed by atoms with van der Waals surface area (Å²) in [6.45, 7) is 5.01. The second kappa shape index (κ2) is 13.3. The van der Waals surface area contributed by atoms with Gasteiger partial charge in [0.25, 0.3) is 5.91 Å². The smallest absolute Gasteiger partial charge is 0.335 e. The summed E-state index contributed by atoms with van der Waals surface area (Å²) in [4.78, 5) is 41.4. The van der Waals surface area contributed by atoms with Gasteiger partial charge in [-0.2, -0.15) is 0 Å². The van der Waals surface area contributed by atoms with E-state index in [9.17, 15) is 24.6 Å². The van der Waals surface area contributed by atoms with E-state index in [2.05, 4.69) is 15.5 Å². The van der Waals surface area contributed by atoms with Gasteiger partial charge in [0.15, 0.2) is 5.75 Å². The van der Waals surface area contributed by atoms with Gasteiger partial charge in [-0.25, -0.2) is 9.59 Å². The van der Waals surface area contributed by atoms with Crippen LogP contribution in [0.25, 0.3) is 0 Å². The Kier molecular flexibility index (Phi) is 9.59.